The number of unbranched alkanes of at least 4 members (excludes halogenated alkanes) is 33. The van der Waals surface area contributed by atoms with Gasteiger partial charge in [0.05, 0.1) is 25.2 Å². The van der Waals surface area contributed by atoms with Crippen LogP contribution in [0.4, 0.5) is 0 Å². The largest absolute Gasteiger partial charge is 0.462 e. The smallest absolute Gasteiger partial charge is 0.306 e. The van der Waals surface area contributed by atoms with Crippen molar-refractivity contribution in [1.29, 1.82) is 0 Å². The van der Waals surface area contributed by atoms with Crippen molar-refractivity contribution in [2.45, 2.75) is 309 Å². The lowest BCUT2D eigenvalue weighted by Crippen LogP contribution is -2.46. The van der Waals surface area contributed by atoms with E-state index in [4.69, 9.17) is 4.74 Å². The molecule has 0 saturated heterocycles. The van der Waals surface area contributed by atoms with E-state index in [0.29, 0.717) is 19.3 Å². The van der Waals surface area contributed by atoms with E-state index in [2.05, 4.69) is 50.4 Å². The van der Waals surface area contributed by atoms with Crippen molar-refractivity contribution in [2.24, 2.45) is 0 Å². The van der Waals surface area contributed by atoms with E-state index in [1.807, 2.05) is 0 Å². The minimum absolute atomic E-state index is 0.0669. The summed E-state index contributed by atoms with van der Waals surface area (Å²) in [4.78, 5) is 26.1. The highest BCUT2D eigenvalue weighted by molar-refractivity contribution is 5.77. The Hall–Kier alpha value is -1.66. The van der Waals surface area contributed by atoms with E-state index < -0.39 is 18.2 Å². The number of aliphatic hydroxyl groups is 2. The van der Waals surface area contributed by atoms with Gasteiger partial charge in [0, 0.05) is 6.42 Å². The standard InChI is InChI=1S/C55H105NO5/c1-4-7-10-13-16-19-21-23-25-26-27-29-31-33-36-39-42-45-48-55(60)61-51(46-43-40-37-34-18-15-12-9-6-3)49-54(59)56-52(50-57)53(58)47-44-41-38-35-32-30-28-24-22-20-17-14-11-8-5-2/h15,18,27,29,51-53,57-58H,4-14,16-17,19-26,28,30-50H2,1-3H3,(H,56,59)/b18-15-,29-27+. The molecule has 0 aliphatic rings. The molecule has 61 heavy (non-hydrogen) atoms. The molecule has 0 bridgehead atoms. The van der Waals surface area contributed by atoms with Crippen molar-refractivity contribution in [3.63, 3.8) is 0 Å². The monoisotopic (exact) mass is 860 g/mol. The number of amides is 1. The van der Waals surface area contributed by atoms with Gasteiger partial charge in [0.15, 0.2) is 0 Å². The quantitative estimate of drug-likeness (QED) is 0.0322. The van der Waals surface area contributed by atoms with Gasteiger partial charge < -0.3 is 20.3 Å². The number of ether oxygens (including phenoxy) is 1. The summed E-state index contributed by atoms with van der Waals surface area (Å²) in [6, 6.07) is -0.704. The average Bonchev–Trinajstić information content (AvgIpc) is 3.25. The van der Waals surface area contributed by atoms with Crippen LogP contribution in [-0.4, -0.2) is 46.9 Å². The molecule has 0 aliphatic carbocycles. The number of aliphatic hydroxyl groups excluding tert-OH is 2. The van der Waals surface area contributed by atoms with Gasteiger partial charge in [-0.05, 0) is 70.6 Å². The molecule has 0 aromatic carbocycles. The third-order valence-electron chi connectivity index (χ3n) is 12.5. The van der Waals surface area contributed by atoms with Crippen LogP contribution >= 0.6 is 0 Å². The van der Waals surface area contributed by atoms with E-state index in [-0.39, 0.29) is 24.9 Å². The predicted octanol–water partition coefficient (Wildman–Crippen LogP) is 16.3. The number of hydrogen-bond acceptors (Lipinski definition) is 5. The second kappa shape index (κ2) is 49.4. The van der Waals surface area contributed by atoms with Crippen LogP contribution in [0, 0.1) is 0 Å². The highest BCUT2D eigenvalue weighted by Gasteiger charge is 2.24. The van der Waals surface area contributed by atoms with Crippen molar-refractivity contribution in [3.8, 4) is 0 Å². The molecule has 6 heteroatoms. The molecule has 3 N–H and O–H groups in total. The van der Waals surface area contributed by atoms with Crippen molar-refractivity contribution < 1.29 is 24.5 Å². The molecule has 360 valence electrons. The van der Waals surface area contributed by atoms with Gasteiger partial charge >= 0.3 is 5.97 Å². The number of nitrogens with one attached hydrogen (secondary N) is 1. The van der Waals surface area contributed by atoms with Crippen LogP contribution in [0.25, 0.3) is 0 Å². The van der Waals surface area contributed by atoms with Crippen LogP contribution in [0.1, 0.15) is 290 Å². The van der Waals surface area contributed by atoms with Gasteiger partial charge in [-0.25, -0.2) is 0 Å². The molecular weight excluding hydrogens is 755 g/mol. The molecule has 0 aromatic heterocycles. The average molecular weight is 860 g/mol. The Bertz CT molecular complexity index is 966. The maximum absolute atomic E-state index is 13.2. The first-order valence-corrected chi connectivity index (χ1v) is 27.1. The zero-order valence-electron chi connectivity index (χ0n) is 41.1. The molecule has 1 amide bonds. The number of carbonyl (C=O) groups excluding carboxylic acids is 2. The van der Waals surface area contributed by atoms with Crippen LogP contribution in [-0.2, 0) is 14.3 Å². The molecule has 0 saturated carbocycles. The van der Waals surface area contributed by atoms with E-state index in [9.17, 15) is 19.8 Å². The molecule has 6 nitrogen and oxygen atoms in total. The van der Waals surface area contributed by atoms with Crippen molar-refractivity contribution in [3.05, 3.63) is 24.3 Å². The maximum atomic E-state index is 13.2. The molecule has 0 aliphatic heterocycles. The Morgan fingerprint density at radius 2 is 0.803 bits per heavy atom. The summed E-state index contributed by atoms with van der Waals surface area (Å²) in [5, 5.41) is 23.8. The van der Waals surface area contributed by atoms with Gasteiger partial charge in [-0.1, -0.05) is 231 Å². The number of esters is 1. The van der Waals surface area contributed by atoms with Gasteiger partial charge in [-0.15, -0.1) is 0 Å². The summed E-state index contributed by atoms with van der Waals surface area (Å²) in [6.07, 6.45) is 56.8. The molecule has 0 rings (SSSR count). The molecule has 0 aromatic rings. The molecule has 3 atom stereocenters. The third kappa shape index (κ3) is 44.7. The second-order valence-electron chi connectivity index (χ2n) is 18.6. The molecule has 0 heterocycles. The van der Waals surface area contributed by atoms with E-state index >= 15 is 0 Å². The number of rotatable bonds is 49. The molecular formula is C55H105NO5. The third-order valence-corrected chi connectivity index (χ3v) is 12.5. The fourth-order valence-electron chi connectivity index (χ4n) is 8.35. The Morgan fingerprint density at radius 3 is 1.23 bits per heavy atom. The number of carbonyl (C=O) groups is 2. The Morgan fingerprint density at radius 1 is 0.459 bits per heavy atom. The van der Waals surface area contributed by atoms with Crippen molar-refractivity contribution in [2.75, 3.05) is 6.61 Å². The normalized spacial score (nSPS) is 13.3. The zero-order valence-corrected chi connectivity index (χ0v) is 41.1. The number of hydrogen-bond donors (Lipinski definition) is 3. The summed E-state index contributed by atoms with van der Waals surface area (Å²) in [5.74, 6) is -0.489. The Kier molecular flexibility index (Phi) is 48.0. The Balaban J connectivity index is 4.41. The van der Waals surface area contributed by atoms with E-state index in [1.165, 1.54) is 173 Å². The van der Waals surface area contributed by atoms with E-state index in [1.54, 1.807) is 0 Å². The number of allylic oxidation sites excluding steroid dienone is 4. The van der Waals surface area contributed by atoms with Crippen LogP contribution in [0.5, 0.6) is 0 Å². The van der Waals surface area contributed by atoms with Crippen LogP contribution in [0.2, 0.25) is 0 Å². The van der Waals surface area contributed by atoms with Crippen molar-refractivity contribution >= 4 is 11.9 Å². The van der Waals surface area contributed by atoms with Crippen LogP contribution < -0.4 is 5.32 Å². The fourth-order valence-corrected chi connectivity index (χ4v) is 8.35. The van der Waals surface area contributed by atoms with Gasteiger partial charge in [-0.3, -0.25) is 9.59 Å². The van der Waals surface area contributed by atoms with E-state index in [0.717, 1.165) is 70.6 Å². The first-order chi connectivity index (χ1) is 30.0. The van der Waals surface area contributed by atoms with Gasteiger partial charge in [0.2, 0.25) is 5.91 Å². The van der Waals surface area contributed by atoms with Crippen LogP contribution in [0.3, 0.4) is 0 Å². The Labute approximate surface area is 380 Å². The topological polar surface area (TPSA) is 95.9 Å². The maximum Gasteiger partial charge on any atom is 0.306 e. The lowest BCUT2D eigenvalue weighted by atomic mass is 10.0. The summed E-state index contributed by atoms with van der Waals surface area (Å²) in [5.41, 5.74) is 0. The predicted molar refractivity (Wildman–Crippen MR) is 264 cm³/mol. The lowest BCUT2D eigenvalue weighted by Gasteiger charge is -2.24. The first-order valence-electron chi connectivity index (χ1n) is 27.1. The van der Waals surface area contributed by atoms with Gasteiger partial charge in [0.25, 0.3) is 0 Å². The summed E-state index contributed by atoms with van der Waals surface area (Å²) < 4.78 is 5.91. The highest BCUT2D eigenvalue weighted by atomic mass is 16.5. The zero-order chi connectivity index (χ0) is 44.5. The first kappa shape index (κ1) is 59.3. The molecule has 0 fully saturated rings. The minimum atomic E-state index is -0.789. The lowest BCUT2D eigenvalue weighted by molar-refractivity contribution is -0.151. The fraction of sp³-hybridized carbons (Fsp3) is 0.891. The minimum Gasteiger partial charge on any atom is -0.462 e. The molecule has 0 spiro atoms. The van der Waals surface area contributed by atoms with Gasteiger partial charge in [0.1, 0.15) is 6.10 Å². The second-order valence-corrected chi connectivity index (χ2v) is 18.6. The molecule has 0 radical (unpaired) electrons. The van der Waals surface area contributed by atoms with Crippen molar-refractivity contribution in [1.82, 2.24) is 5.32 Å². The van der Waals surface area contributed by atoms with Crippen LogP contribution in [0.15, 0.2) is 24.3 Å². The summed E-state index contributed by atoms with van der Waals surface area (Å²) in [6.45, 7) is 6.46. The summed E-state index contributed by atoms with van der Waals surface area (Å²) >= 11 is 0. The van der Waals surface area contributed by atoms with Gasteiger partial charge in [-0.2, -0.15) is 0 Å². The highest BCUT2D eigenvalue weighted by Crippen LogP contribution is 2.18. The molecule has 3 unspecified atom stereocenters. The SMILES string of the molecule is CCCC/C=C\CCCCCC(CC(=O)NC(CO)C(O)CCCCCCCCCCCCCCCCC)OC(=O)CCCCCCC/C=C/CCCCCCCCCCC. The summed E-state index contributed by atoms with van der Waals surface area (Å²) in [7, 11) is 0.